The number of aryl methyl sites for hydroxylation is 1. The molecular weight excluding hydrogens is 352 g/mol. The van der Waals surface area contributed by atoms with Gasteiger partial charge in [-0.05, 0) is 38.3 Å². The zero-order chi connectivity index (χ0) is 19.7. The number of hydrogen-bond donors (Lipinski definition) is 1. The number of aliphatic hydroxyl groups excluding tert-OH is 1. The van der Waals surface area contributed by atoms with Crippen molar-refractivity contribution >= 4 is 5.91 Å². The predicted molar refractivity (Wildman–Crippen MR) is 106 cm³/mol. The Balaban J connectivity index is 1.52. The van der Waals surface area contributed by atoms with E-state index in [1.54, 1.807) is 11.1 Å². The van der Waals surface area contributed by atoms with Crippen LogP contribution in [-0.2, 0) is 11.3 Å². The predicted octanol–water partition coefficient (Wildman–Crippen LogP) is 2.33. The Labute approximate surface area is 166 Å². The highest BCUT2D eigenvalue weighted by atomic mass is 16.3. The number of rotatable bonds is 3. The largest absolute Gasteiger partial charge is 0.391 e. The standard InChI is InChI=1S/C22H28N4O2/c1-16-12-24-18(13-23-16)14-26-10-6-9-22(15-26)11-19(27)20(25(2)21(22)28)17-7-4-3-5-8-17/h3-5,7-8,12-13,19-20,27H,6,9-11,14-15H2,1-2H3/t19-,20+,22-/m1/s1. The number of aliphatic hydroxyl groups is 1. The van der Waals surface area contributed by atoms with Crippen LogP contribution in [0.2, 0.25) is 0 Å². The van der Waals surface area contributed by atoms with E-state index in [-0.39, 0.29) is 11.9 Å². The number of carbonyl (C=O) groups excluding carboxylic acids is 1. The highest BCUT2D eigenvalue weighted by Gasteiger charge is 2.51. The molecule has 28 heavy (non-hydrogen) atoms. The van der Waals surface area contributed by atoms with Gasteiger partial charge in [0.15, 0.2) is 0 Å². The van der Waals surface area contributed by atoms with Gasteiger partial charge in [0.05, 0.1) is 28.9 Å². The van der Waals surface area contributed by atoms with Gasteiger partial charge in [-0.2, -0.15) is 0 Å². The fourth-order valence-electron chi connectivity index (χ4n) is 4.89. The Bertz CT molecular complexity index is 826. The number of carbonyl (C=O) groups is 1. The van der Waals surface area contributed by atoms with Gasteiger partial charge < -0.3 is 10.0 Å². The fourth-order valence-corrected chi connectivity index (χ4v) is 4.89. The first-order valence-electron chi connectivity index (χ1n) is 9.99. The van der Waals surface area contributed by atoms with Crippen molar-refractivity contribution in [1.29, 1.82) is 0 Å². The summed E-state index contributed by atoms with van der Waals surface area (Å²) in [7, 11) is 1.83. The molecule has 6 heteroatoms. The monoisotopic (exact) mass is 380 g/mol. The van der Waals surface area contributed by atoms with Crippen LogP contribution in [0.25, 0.3) is 0 Å². The third-order valence-corrected chi connectivity index (χ3v) is 6.17. The summed E-state index contributed by atoms with van der Waals surface area (Å²) in [6.07, 6.45) is 5.30. The van der Waals surface area contributed by atoms with Crippen molar-refractivity contribution in [1.82, 2.24) is 19.8 Å². The van der Waals surface area contributed by atoms with E-state index in [1.165, 1.54) is 0 Å². The van der Waals surface area contributed by atoms with Gasteiger partial charge >= 0.3 is 0 Å². The van der Waals surface area contributed by atoms with E-state index in [1.807, 2.05) is 50.5 Å². The SMILES string of the molecule is Cc1cnc(CN2CCC[C@@]3(C[C@@H](O)[C@H](c4ccccc4)N(C)C3=O)C2)cn1. The van der Waals surface area contributed by atoms with Gasteiger partial charge in [-0.15, -0.1) is 0 Å². The van der Waals surface area contributed by atoms with Crippen LogP contribution in [0.4, 0.5) is 0 Å². The molecular formula is C22H28N4O2. The first-order chi connectivity index (χ1) is 13.5. The summed E-state index contributed by atoms with van der Waals surface area (Å²) in [6, 6.07) is 9.55. The Morgan fingerprint density at radius 3 is 2.71 bits per heavy atom. The molecule has 0 saturated carbocycles. The van der Waals surface area contributed by atoms with Gasteiger partial charge in [-0.3, -0.25) is 19.7 Å². The lowest BCUT2D eigenvalue weighted by Gasteiger charge is -2.51. The van der Waals surface area contributed by atoms with Gasteiger partial charge in [-0.25, -0.2) is 0 Å². The van der Waals surface area contributed by atoms with Crippen molar-refractivity contribution in [2.75, 3.05) is 20.1 Å². The number of piperidine rings is 2. The van der Waals surface area contributed by atoms with Crippen molar-refractivity contribution in [3.05, 3.63) is 59.7 Å². The maximum atomic E-state index is 13.4. The molecule has 2 fully saturated rings. The molecule has 1 aromatic carbocycles. The van der Waals surface area contributed by atoms with E-state index in [4.69, 9.17) is 0 Å². The minimum Gasteiger partial charge on any atom is -0.391 e. The van der Waals surface area contributed by atoms with Crippen LogP contribution in [0.15, 0.2) is 42.7 Å². The highest BCUT2D eigenvalue weighted by Crippen LogP contribution is 2.45. The summed E-state index contributed by atoms with van der Waals surface area (Å²) in [5.41, 5.74) is 2.29. The second-order valence-electron chi connectivity index (χ2n) is 8.29. The number of likely N-dealkylation sites (tertiary alicyclic amines) is 2. The maximum absolute atomic E-state index is 13.4. The number of hydrogen-bond acceptors (Lipinski definition) is 5. The van der Waals surface area contributed by atoms with Gasteiger partial charge in [-0.1, -0.05) is 30.3 Å². The Morgan fingerprint density at radius 2 is 2.00 bits per heavy atom. The van der Waals surface area contributed by atoms with Crippen molar-refractivity contribution in [2.45, 2.75) is 44.9 Å². The summed E-state index contributed by atoms with van der Waals surface area (Å²) in [5.74, 6) is 0.145. The number of likely N-dealkylation sites (N-methyl/N-ethyl adjacent to an activating group) is 1. The lowest BCUT2D eigenvalue weighted by atomic mass is 9.69. The third-order valence-electron chi connectivity index (χ3n) is 6.17. The summed E-state index contributed by atoms with van der Waals surface area (Å²) in [6.45, 7) is 4.20. The number of nitrogens with zero attached hydrogens (tertiary/aromatic N) is 4. The molecule has 1 spiro atoms. The van der Waals surface area contributed by atoms with Gasteiger partial charge in [0.2, 0.25) is 5.91 Å². The molecule has 1 amide bonds. The molecule has 1 aromatic heterocycles. The summed E-state index contributed by atoms with van der Waals surface area (Å²) in [5, 5.41) is 11.0. The van der Waals surface area contributed by atoms with Crippen molar-refractivity contribution in [3.63, 3.8) is 0 Å². The molecule has 0 bridgehead atoms. The average molecular weight is 380 g/mol. The normalized spacial score (nSPS) is 28.7. The first kappa shape index (κ1) is 19.0. The molecule has 0 unspecified atom stereocenters. The molecule has 0 radical (unpaired) electrons. The zero-order valence-corrected chi connectivity index (χ0v) is 16.6. The second kappa shape index (κ2) is 7.60. The number of benzene rings is 1. The van der Waals surface area contributed by atoms with Gasteiger partial charge in [0.25, 0.3) is 0 Å². The van der Waals surface area contributed by atoms with Crippen molar-refractivity contribution in [3.8, 4) is 0 Å². The number of aromatic nitrogens is 2. The number of amides is 1. The third kappa shape index (κ3) is 3.54. The van der Waals surface area contributed by atoms with Crippen LogP contribution < -0.4 is 0 Å². The lowest BCUT2D eigenvalue weighted by Crippen LogP contribution is -2.59. The highest BCUT2D eigenvalue weighted by molar-refractivity contribution is 5.84. The van der Waals surface area contributed by atoms with Gasteiger partial charge in [0, 0.05) is 32.5 Å². The minimum atomic E-state index is -0.566. The summed E-state index contributed by atoms with van der Waals surface area (Å²) >= 11 is 0. The Kier molecular flexibility index (Phi) is 5.17. The van der Waals surface area contributed by atoms with E-state index < -0.39 is 11.5 Å². The Morgan fingerprint density at radius 1 is 1.21 bits per heavy atom. The molecule has 6 nitrogen and oxygen atoms in total. The molecule has 2 aliphatic heterocycles. The van der Waals surface area contributed by atoms with E-state index in [9.17, 15) is 9.90 Å². The molecule has 2 aliphatic rings. The molecule has 148 valence electrons. The molecule has 2 aromatic rings. The Hall–Kier alpha value is -2.31. The zero-order valence-electron chi connectivity index (χ0n) is 16.6. The minimum absolute atomic E-state index is 0.145. The van der Waals surface area contributed by atoms with E-state index >= 15 is 0 Å². The quantitative estimate of drug-likeness (QED) is 0.885. The summed E-state index contributed by atoms with van der Waals surface area (Å²) in [4.78, 5) is 26.3. The second-order valence-corrected chi connectivity index (χ2v) is 8.29. The molecule has 2 saturated heterocycles. The van der Waals surface area contributed by atoms with Crippen LogP contribution >= 0.6 is 0 Å². The molecule has 4 rings (SSSR count). The molecule has 3 atom stereocenters. The van der Waals surface area contributed by atoms with E-state index in [0.717, 1.165) is 36.3 Å². The topological polar surface area (TPSA) is 69.6 Å². The fraction of sp³-hybridized carbons (Fsp3) is 0.500. The van der Waals surface area contributed by atoms with Crippen LogP contribution in [0.5, 0.6) is 0 Å². The molecule has 3 heterocycles. The molecule has 1 N–H and O–H groups in total. The van der Waals surface area contributed by atoms with Crippen molar-refractivity contribution in [2.24, 2.45) is 5.41 Å². The van der Waals surface area contributed by atoms with Crippen LogP contribution in [0.1, 0.15) is 42.3 Å². The van der Waals surface area contributed by atoms with Gasteiger partial charge in [0.1, 0.15) is 0 Å². The van der Waals surface area contributed by atoms with Crippen LogP contribution in [0, 0.1) is 12.3 Å². The molecule has 0 aliphatic carbocycles. The average Bonchev–Trinajstić information content (AvgIpc) is 2.69. The smallest absolute Gasteiger partial charge is 0.230 e. The van der Waals surface area contributed by atoms with Crippen LogP contribution in [0.3, 0.4) is 0 Å². The van der Waals surface area contributed by atoms with E-state index in [2.05, 4.69) is 14.9 Å². The van der Waals surface area contributed by atoms with Crippen molar-refractivity contribution < 1.29 is 9.90 Å². The van der Waals surface area contributed by atoms with E-state index in [0.29, 0.717) is 19.5 Å². The summed E-state index contributed by atoms with van der Waals surface area (Å²) < 4.78 is 0. The lowest BCUT2D eigenvalue weighted by molar-refractivity contribution is -0.162. The first-order valence-corrected chi connectivity index (χ1v) is 9.99. The maximum Gasteiger partial charge on any atom is 0.230 e. The van der Waals surface area contributed by atoms with Crippen LogP contribution in [-0.4, -0.2) is 57.0 Å².